The Morgan fingerprint density at radius 1 is 1.13 bits per heavy atom. The van der Waals surface area contributed by atoms with Crippen LogP contribution in [0.5, 0.6) is 5.75 Å². The van der Waals surface area contributed by atoms with Crippen molar-refractivity contribution in [1.82, 2.24) is 20.3 Å². The number of methoxy groups -OCH3 is 1. The molecule has 226 valence electrons. The third kappa shape index (κ3) is 5.13. The normalized spacial score (nSPS) is 11.5. The summed E-state index contributed by atoms with van der Waals surface area (Å²) in [5, 5.41) is 13.6. The zero-order valence-corrected chi connectivity index (χ0v) is 25.9. The Labute approximate surface area is 259 Å². The molecule has 12 heteroatoms. The predicted molar refractivity (Wildman–Crippen MR) is 173 cm³/mol. The number of nitriles is 1. The monoisotopic (exact) mass is 620 g/mol. The minimum atomic E-state index is -3.74. The first-order chi connectivity index (χ1) is 21.5. The van der Waals surface area contributed by atoms with E-state index in [1.165, 1.54) is 27.4 Å². The van der Waals surface area contributed by atoms with Crippen LogP contribution in [-0.2, 0) is 10.0 Å². The number of benzene rings is 3. The van der Waals surface area contributed by atoms with Crippen molar-refractivity contribution >= 4 is 43.5 Å². The molecule has 0 aliphatic heterocycles. The van der Waals surface area contributed by atoms with E-state index in [9.17, 15) is 18.5 Å². The maximum Gasteiger partial charge on any atom is 0.255 e. The number of para-hydroxylation sites is 1. The number of carbonyl (C=O) groups excluding carboxylic acids is 1. The van der Waals surface area contributed by atoms with E-state index in [2.05, 4.69) is 21.4 Å². The smallest absolute Gasteiger partial charge is 0.255 e. The lowest BCUT2D eigenvalue weighted by molar-refractivity contribution is 0.0964. The summed E-state index contributed by atoms with van der Waals surface area (Å²) in [6.07, 6.45) is 2.59. The summed E-state index contributed by atoms with van der Waals surface area (Å²) in [6.45, 7) is 1.96. The number of amides is 1. The molecule has 0 bridgehead atoms. The number of anilines is 1. The molecule has 2 N–H and O–H groups in total. The lowest BCUT2D eigenvalue weighted by Crippen LogP contribution is -2.25. The first kappa shape index (κ1) is 29.4. The van der Waals surface area contributed by atoms with E-state index in [-0.39, 0.29) is 17.4 Å². The third-order valence-corrected chi connectivity index (χ3v) is 8.85. The molecule has 45 heavy (non-hydrogen) atoms. The van der Waals surface area contributed by atoms with Crippen molar-refractivity contribution in [3.63, 3.8) is 0 Å². The summed E-state index contributed by atoms with van der Waals surface area (Å²) in [7, 11) is 0.710. The van der Waals surface area contributed by atoms with Crippen LogP contribution in [0.25, 0.3) is 56.0 Å². The Balaban J connectivity index is 1.64. The summed E-state index contributed by atoms with van der Waals surface area (Å²) in [6, 6.07) is 20.2. The Hall–Kier alpha value is -5.67. The molecule has 0 atom stereocenters. The second-order valence-corrected chi connectivity index (χ2v) is 12.5. The van der Waals surface area contributed by atoms with Crippen LogP contribution < -0.4 is 14.4 Å². The molecular formula is C33H28N6O5S. The van der Waals surface area contributed by atoms with E-state index in [1.54, 1.807) is 24.3 Å². The number of ether oxygens (including phenoxy) is 1. The number of aromatic amines is 1. The van der Waals surface area contributed by atoms with E-state index in [0.29, 0.717) is 61.6 Å². The second kappa shape index (κ2) is 11.1. The highest BCUT2D eigenvalue weighted by atomic mass is 32.2. The first-order valence-corrected chi connectivity index (χ1v) is 15.7. The number of hydrogen-bond acceptors (Lipinski definition) is 8. The largest absolute Gasteiger partial charge is 0.493 e. The molecule has 6 rings (SSSR count). The highest BCUT2D eigenvalue weighted by Crippen LogP contribution is 2.41. The number of rotatable bonds is 7. The first-order valence-electron chi connectivity index (χ1n) is 13.8. The number of nitrogens with zero attached hydrogens (tertiary/aromatic N) is 4. The van der Waals surface area contributed by atoms with Crippen LogP contribution in [-0.4, -0.2) is 56.7 Å². The molecular weight excluding hydrogens is 592 g/mol. The van der Waals surface area contributed by atoms with Crippen molar-refractivity contribution in [3.8, 4) is 45.9 Å². The maximum absolute atomic E-state index is 13.3. The summed E-state index contributed by atoms with van der Waals surface area (Å²) in [5.41, 5.74) is 5.01. The zero-order valence-electron chi connectivity index (χ0n) is 25.1. The summed E-state index contributed by atoms with van der Waals surface area (Å²) in [4.78, 5) is 25.9. The van der Waals surface area contributed by atoms with Crippen LogP contribution in [0.2, 0.25) is 0 Å². The second-order valence-electron chi connectivity index (χ2n) is 10.5. The third-order valence-electron chi connectivity index (χ3n) is 7.66. The molecule has 0 saturated carbocycles. The molecule has 0 aliphatic rings. The van der Waals surface area contributed by atoms with Gasteiger partial charge in [-0.05, 0) is 25.1 Å². The van der Waals surface area contributed by atoms with Crippen LogP contribution in [0.15, 0.2) is 71.3 Å². The fourth-order valence-electron chi connectivity index (χ4n) is 5.23. The van der Waals surface area contributed by atoms with Gasteiger partial charge in [0, 0.05) is 42.1 Å². The van der Waals surface area contributed by atoms with E-state index in [4.69, 9.17) is 14.1 Å². The molecule has 0 saturated heterocycles. The summed E-state index contributed by atoms with van der Waals surface area (Å²) in [5.74, 6) is 0.511. The van der Waals surface area contributed by atoms with Crippen molar-refractivity contribution < 1.29 is 22.4 Å². The molecule has 0 fully saturated rings. The fraction of sp³-hybridized carbons (Fsp3) is 0.152. The predicted octanol–water partition coefficient (Wildman–Crippen LogP) is 5.65. The highest BCUT2D eigenvalue weighted by molar-refractivity contribution is 7.92. The fourth-order valence-corrected chi connectivity index (χ4v) is 5.74. The van der Waals surface area contributed by atoms with Gasteiger partial charge in [0.1, 0.15) is 23.1 Å². The minimum absolute atomic E-state index is 0.179. The molecule has 0 unspecified atom stereocenters. The van der Waals surface area contributed by atoms with E-state index >= 15 is 0 Å². The minimum Gasteiger partial charge on any atom is -0.493 e. The Morgan fingerprint density at radius 3 is 2.56 bits per heavy atom. The Bertz CT molecular complexity index is 2280. The van der Waals surface area contributed by atoms with E-state index in [1.807, 2.05) is 43.3 Å². The Morgan fingerprint density at radius 2 is 1.89 bits per heavy atom. The van der Waals surface area contributed by atoms with Gasteiger partial charge in [0.25, 0.3) is 5.91 Å². The topological polar surface area (TPSA) is 154 Å². The van der Waals surface area contributed by atoms with Gasteiger partial charge in [-0.1, -0.05) is 42.0 Å². The van der Waals surface area contributed by atoms with Gasteiger partial charge < -0.3 is 19.5 Å². The number of aryl methyl sites for hydroxylation is 1. The standard InChI is InChI=1S/C33H28N6O5S/c1-18-9-11-19(12-10-18)31-28(33(40)35-2)23-14-22(25(15-26(23)44-31)39(3)45(5,41)42)32-36-17-27(43-4)30(38-32)24-13-20-7-6-8-21(16-34)29(20)37-24/h6-15,17,37H,1-5H3,(H,35,40). The molecule has 6 aromatic rings. The van der Waals surface area contributed by atoms with Gasteiger partial charge in [-0.15, -0.1) is 0 Å². The van der Waals surface area contributed by atoms with Crippen molar-refractivity contribution in [2.75, 3.05) is 31.8 Å². The van der Waals surface area contributed by atoms with Crippen molar-refractivity contribution in [1.29, 1.82) is 5.26 Å². The van der Waals surface area contributed by atoms with Gasteiger partial charge in [0.2, 0.25) is 10.0 Å². The zero-order chi connectivity index (χ0) is 32.0. The summed E-state index contributed by atoms with van der Waals surface area (Å²) >= 11 is 0. The molecule has 0 spiro atoms. The van der Waals surface area contributed by atoms with Crippen molar-refractivity contribution in [2.45, 2.75) is 6.92 Å². The van der Waals surface area contributed by atoms with Crippen LogP contribution in [0, 0.1) is 18.3 Å². The van der Waals surface area contributed by atoms with Crippen molar-refractivity contribution in [2.24, 2.45) is 0 Å². The maximum atomic E-state index is 13.3. The van der Waals surface area contributed by atoms with Crippen LogP contribution in [0.1, 0.15) is 21.5 Å². The van der Waals surface area contributed by atoms with Gasteiger partial charge in [0.15, 0.2) is 11.6 Å². The number of fused-ring (bicyclic) bond motifs is 2. The average molecular weight is 621 g/mol. The number of hydrogen-bond donors (Lipinski definition) is 2. The van der Waals surface area contributed by atoms with Crippen LogP contribution in [0.4, 0.5) is 5.69 Å². The summed E-state index contributed by atoms with van der Waals surface area (Å²) < 4.78 is 38.6. The molecule has 0 radical (unpaired) electrons. The molecule has 3 heterocycles. The SMILES string of the molecule is CNC(=O)c1c(-c2ccc(C)cc2)oc2cc(N(C)S(C)(=O)=O)c(-c3ncc(OC)c(-c4cc5cccc(C#N)c5[nH]4)n3)cc12. The molecule has 1 amide bonds. The van der Waals surface area contributed by atoms with Gasteiger partial charge in [-0.25, -0.2) is 18.4 Å². The van der Waals surface area contributed by atoms with E-state index in [0.717, 1.165) is 21.5 Å². The number of sulfonamides is 1. The van der Waals surface area contributed by atoms with Gasteiger partial charge in [-0.2, -0.15) is 5.26 Å². The molecule has 3 aromatic carbocycles. The quantitative estimate of drug-likeness (QED) is 0.232. The number of H-pyrrole nitrogens is 1. The van der Waals surface area contributed by atoms with Gasteiger partial charge >= 0.3 is 0 Å². The number of aromatic nitrogens is 3. The average Bonchev–Trinajstić information content (AvgIpc) is 3.64. The molecule has 0 aliphatic carbocycles. The number of furan rings is 1. The molecule has 3 aromatic heterocycles. The molecule has 11 nitrogen and oxygen atoms in total. The number of carbonyl (C=O) groups is 1. The van der Waals surface area contributed by atoms with Crippen LogP contribution >= 0.6 is 0 Å². The Kier molecular flexibility index (Phi) is 7.26. The van der Waals surface area contributed by atoms with Gasteiger partial charge in [-0.3, -0.25) is 9.10 Å². The van der Waals surface area contributed by atoms with E-state index < -0.39 is 10.0 Å². The lowest BCUT2D eigenvalue weighted by Gasteiger charge is -2.20. The van der Waals surface area contributed by atoms with Gasteiger partial charge in [0.05, 0.1) is 47.6 Å². The highest BCUT2D eigenvalue weighted by Gasteiger charge is 2.27. The number of nitrogens with one attached hydrogen (secondary N) is 2. The lowest BCUT2D eigenvalue weighted by atomic mass is 10.0. The van der Waals surface area contributed by atoms with Crippen LogP contribution in [0.3, 0.4) is 0 Å². The van der Waals surface area contributed by atoms with Crippen molar-refractivity contribution in [3.05, 3.63) is 83.6 Å².